The van der Waals surface area contributed by atoms with E-state index in [1.807, 2.05) is 31.2 Å². The summed E-state index contributed by atoms with van der Waals surface area (Å²) in [5.74, 6) is 0.483. The van der Waals surface area contributed by atoms with Crippen molar-refractivity contribution < 1.29 is 4.79 Å². The van der Waals surface area contributed by atoms with Crippen molar-refractivity contribution in [1.29, 1.82) is 0 Å². The van der Waals surface area contributed by atoms with Crippen LogP contribution >= 0.6 is 0 Å². The van der Waals surface area contributed by atoms with Gasteiger partial charge in [-0.3, -0.25) is 4.79 Å². The van der Waals surface area contributed by atoms with Crippen LogP contribution in [0.3, 0.4) is 0 Å². The lowest BCUT2D eigenvalue weighted by atomic mass is 10.2. The van der Waals surface area contributed by atoms with Crippen LogP contribution in [0.4, 0.5) is 5.82 Å². The summed E-state index contributed by atoms with van der Waals surface area (Å²) < 4.78 is 0. The summed E-state index contributed by atoms with van der Waals surface area (Å²) in [7, 11) is 0. The standard InChI is InChI=1S/C13H16N4O/c1-9-13(15-8-4-7-12(14)18)17-11-6-3-2-5-10(11)16-9/h2-3,5-6H,4,7-8H2,1H3,(H2,14,18)(H,15,17). The number of hydrogen-bond donors (Lipinski definition) is 2. The van der Waals surface area contributed by atoms with E-state index in [0.717, 1.165) is 22.5 Å². The smallest absolute Gasteiger partial charge is 0.217 e. The zero-order valence-electron chi connectivity index (χ0n) is 10.3. The number of rotatable bonds is 5. The van der Waals surface area contributed by atoms with Crippen LogP contribution in [-0.4, -0.2) is 22.4 Å². The van der Waals surface area contributed by atoms with Gasteiger partial charge in [0, 0.05) is 13.0 Å². The lowest BCUT2D eigenvalue weighted by Crippen LogP contribution is -2.13. The number of carbonyl (C=O) groups excluding carboxylic acids is 1. The Kier molecular flexibility index (Phi) is 3.72. The summed E-state index contributed by atoms with van der Waals surface area (Å²) in [4.78, 5) is 19.6. The molecule has 0 spiro atoms. The number of nitrogens with two attached hydrogens (primary N) is 1. The van der Waals surface area contributed by atoms with Crippen molar-refractivity contribution in [3.05, 3.63) is 30.0 Å². The highest BCUT2D eigenvalue weighted by molar-refractivity contribution is 5.76. The molecule has 1 aromatic carbocycles. The molecular weight excluding hydrogens is 228 g/mol. The molecule has 18 heavy (non-hydrogen) atoms. The normalized spacial score (nSPS) is 10.5. The molecule has 3 N–H and O–H groups in total. The second kappa shape index (κ2) is 5.44. The first-order valence-corrected chi connectivity index (χ1v) is 5.92. The molecule has 1 heterocycles. The molecule has 1 amide bonds. The van der Waals surface area contributed by atoms with Crippen LogP contribution in [0.5, 0.6) is 0 Å². The van der Waals surface area contributed by atoms with E-state index in [4.69, 9.17) is 5.73 Å². The van der Waals surface area contributed by atoms with Gasteiger partial charge in [0.05, 0.1) is 16.7 Å². The second-order valence-corrected chi connectivity index (χ2v) is 4.14. The minimum Gasteiger partial charge on any atom is -0.370 e. The third-order valence-electron chi connectivity index (χ3n) is 2.64. The minimum atomic E-state index is -0.280. The van der Waals surface area contributed by atoms with Crippen molar-refractivity contribution in [3.8, 4) is 0 Å². The summed E-state index contributed by atoms with van der Waals surface area (Å²) in [5, 5.41) is 3.18. The van der Waals surface area contributed by atoms with Crippen molar-refractivity contribution in [2.45, 2.75) is 19.8 Å². The number of amides is 1. The fourth-order valence-electron chi connectivity index (χ4n) is 1.73. The molecule has 0 unspecified atom stereocenters. The summed E-state index contributed by atoms with van der Waals surface area (Å²) in [5.41, 5.74) is 7.68. The van der Waals surface area contributed by atoms with E-state index in [9.17, 15) is 4.79 Å². The topological polar surface area (TPSA) is 80.9 Å². The summed E-state index contributed by atoms with van der Waals surface area (Å²) >= 11 is 0. The monoisotopic (exact) mass is 244 g/mol. The summed E-state index contributed by atoms with van der Waals surface area (Å²) in [6, 6.07) is 7.74. The molecule has 0 saturated heterocycles. The number of fused-ring (bicyclic) bond motifs is 1. The van der Waals surface area contributed by atoms with Crippen LogP contribution in [0, 0.1) is 6.92 Å². The van der Waals surface area contributed by atoms with E-state index in [2.05, 4.69) is 15.3 Å². The van der Waals surface area contributed by atoms with Gasteiger partial charge in [-0.2, -0.15) is 0 Å². The lowest BCUT2D eigenvalue weighted by Gasteiger charge is -2.08. The number of primary amides is 1. The fourth-order valence-corrected chi connectivity index (χ4v) is 1.73. The number of aryl methyl sites for hydroxylation is 1. The predicted molar refractivity (Wildman–Crippen MR) is 71.2 cm³/mol. The Morgan fingerprint density at radius 2 is 1.94 bits per heavy atom. The molecule has 1 aromatic heterocycles. The van der Waals surface area contributed by atoms with E-state index >= 15 is 0 Å². The highest BCUT2D eigenvalue weighted by Gasteiger charge is 2.04. The quantitative estimate of drug-likeness (QED) is 0.783. The molecule has 94 valence electrons. The van der Waals surface area contributed by atoms with Crippen molar-refractivity contribution in [3.63, 3.8) is 0 Å². The number of carbonyl (C=O) groups is 1. The number of benzene rings is 1. The Bertz CT molecular complexity index is 568. The average molecular weight is 244 g/mol. The van der Waals surface area contributed by atoms with Gasteiger partial charge in [-0.25, -0.2) is 9.97 Å². The zero-order valence-corrected chi connectivity index (χ0v) is 10.3. The maximum Gasteiger partial charge on any atom is 0.217 e. The van der Waals surface area contributed by atoms with Gasteiger partial charge >= 0.3 is 0 Å². The van der Waals surface area contributed by atoms with Crippen LogP contribution in [-0.2, 0) is 4.79 Å². The first-order chi connectivity index (χ1) is 8.66. The van der Waals surface area contributed by atoms with Gasteiger partial charge in [0.2, 0.25) is 5.91 Å². The molecule has 5 nitrogen and oxygen atoms in total. The fraction of sp³-hybridized carbons (Fsp3) is 0.308. The second-order valence-electron chi connectivity index (χ2n) is 4.14. The third-order valence-corrected chi connectivity index (χ3v) is 2.64. The molecular formula is C13H16N4O. The van der Waals surface area contributed by atoms with Gasteiger partial charge in [-0.15, -0.1) is 0 Å². The third kappa shape index (κ3) is 2.94. The van der Waals surface area contributed by atoms with Crippen molar-refractivity contribution >= 4 is 22.8 Å². The van der Waals surface area contributed by atoms with Gasteiger partial charge < -0.3 is 11.1 Å². The van der Waals surface area contributed by atoms with Crippen LogP contribution in [0.25, 0.3) is 11.0 Å². The summed E-state index contributed by atoms with van der Waals surface area (Å²) in [6.07, 6.45) is 1.08. The molecule has 5 heteroatoms. The SMILES string of the molecule is Cc1nc2ccccc2nc1NCCCC(N)=O. The number of aromatic nitrogens is 2. The highest BCUT2D eigenvalue weighted by atomic mass is 16.1. The van der Waals surface area contributed by atoms with Gasteiger partial charge in [0.15, 0.2) is 0 Å². The molecule has 0 aliphatic heterocycles. The molecule has 0 fully saturated rings. The largest absolute Gasteiger partial charge is 0.370 e. The van der Waals surface area contributed by atoms with Crippen molar-refractivity contribution in [1.82, 2.24) is 9.97 Å². The predicted octanol–water partition coefficient (Wildman–Crippen LogP) is 1.62. The highest BCUT2D eigenvalue weighted by Crippen LogP contribution is 2.15. The lowest BCUT2D eigenvalue weighted by molar-refractivity contribution is -0.118. The van der Waals surface area contributed by atoms with Gasteiger partial charge in [0.25, 0.3) is 0 Å². The maximum atomic E-state index is 10.6. The van der Waals surface area contributed by atoms with Gasteiger partial charge in [0.1, 0.15) is 5.82 Å². The van der Waals surface area contributed by atoms with Crippen LogP contribution in [0.2, 0.25) is 0 Å². The number of anilines is 1. The minimum absolute atomic E-state index is 0.280. The molecule has 0 radical (unpaired) electrons. The Morgan fingerprint density at radius 3 is 2.61 bits per heavy atom. The number of hydrogen-bond acceptors (Lipinski definition) is 4. The first-order valence-electron chi connectivity index (χ1n) is 5.92. The van der Waals surface area contributed by atoms with Gasteiger partial charge in [-0.05, 0) is 25.5 Å². The molecule has 2 aromatic rings. The molecule has 0 aliphatic carbocycles. The Hall–Kier alpha value is -2.17. The zero-order chi connectivity index (χ0) is 13.0. The van der Waals surface area contributed by atoms with Crippen molar-refractivity contribution in [2.75, 3.05) is 11.9 Å². The summed E-state index contributed by atoms with van der Waals surface area (Å²) in [6.45, 7) is 2.58. The molecule has 0 atom stereocenters. The molecule has 0 bridgehead atoms. The van der Waals surface area contributed by atoms with E-state index in [0.29, 0.717) is 19.4 Å². The maximum absolute atomic E-state index is 10.6. The molecule has 0 saturated carbocycles. The van der Waals surface area contributed by atoms with Crippen molar-refractivity contribution in [2.24, 2.45) is 5.73 Å². The molecule has 2 rings (SSSR count). The first kappa shape index (κ1) is 12.3. The van der Waals surface area contributed by atoms with Crippen LogP contribution in [0.1, 0.15) is 18.5 Å². The van der Waals surface area contributed by atoms with E-state index in [1.54, 1.807) is 0 Å². The Balaban J connectivity index is 2.08. The Morgan fingerprint density at radius 1 is 1.28 bits per heavy atom. The van der Waals surface area contributed by atoms with Crippen LogP contribution in [0.15, 0.2) is 24.3 Å². The number of para-hydroxylation sites is 2. The van der Waals surface area contributed by atoms with E-state index < -0.39 is 0 Å². The van der Waals surface area contributed by atoms with Crippen LogP contribution < -0.4 is 11.1 Å². The average Bonchev–Trinajstić information content (AvgIpc) is 2.34. The van der Waals surface area contributed by atoms with Gasteiger partial charge in [-0.1, -0.05) is 12.1 Å². The number of nitrogens with zero attached hydrogens (tertiary/aromatic N) is 2. The van der Waals surface area contributed by atoms with E-state index in [-0.39, 0.29) is 5.91 Å². The Labute approximate surface area is 105 Å². The number of nitrogens with one attached hydrogen (secondary N) is 1. The molecule has 0 aliphatic rings. The van der Waals surface area contributed by atoms with E-state index in [1.165, 1.54) is 0 Å².